The number of aryl methyl sites for hydroxylation is 2. The number of aromatic amines is 1. The van der Waals surface area contributed by atoms with Crippen LogP contribution in [0.4, 0.5) is 0 Å². The Morgan fingerprint density at radius 2 is 0.980 bits per heavy atom. The molecule has 2 N–H and O–H groups in total. The van der Waals surface area contributed by atoms with Crippen LogP contribution in [-0.4, -0.2) is 106 Å². The third kappa shape index (κ3) is 15.3. The van der Waals surface area contributed by atoms with Gasteiger partial charge in [-0.3, -0.25) is 23.7 Å². The Hall–Kier alpha value is -7.81. The van der Waals surface area contributed by atoms with Crippen LogP contribution in [0.5, 0.6) is 0 Å². The second-order valence-electron chi connectivity index (χ2n) is 27.5. The van der Waals surface area contributed by atoms with Gasteiger partial charge in [-0.2, -0.15) is 0 Å². The standard InChI is InChI=1S/C36H39BrN6O2Si.C27H32BrN3O2Si.C9H9N3O.C4H8O/c1-36(2,3)46(28-12-6-4-7-13-28,29-14-8-5-9-15-29)45-21-11-10-20-41-33(40-30-22-26(37)23-39-34(30)41)25-42-32-24-38-19-18-31(32)43(35(42)44)27-16-17-27;1-27(2,3)34(22-12-6-4-7-13-22,23-14-8-5-9-15-23)33-17-11-10-16-31-25(20-32)30-24-18-21(28)19-29-26(24)31;13-9-11-7-5-10-4-3-8(7)12(9)6-1-2-6;1-2-4-5-3-1/h4-9,12-15,18-19,22-24,27H,10-11,16-17,20-21,25H2,1-3H3;4-9,12-15,18-19,32H,10-11,16-17,20H2,1-3H3;3-6H,1-2H2,(H,11,13);1-4H2. The molecule has 3 fully saturated rings. The van der Waals surface area contributed by atoms with Crippen LogP contribution < -0.4 is 32.1 Å². The van der Waals surface area contributed by atoms with E-state index in [1.54, 1.807) is 31.0 Å². The monoisotopic (exact) mass is 1480 g/mol. The first kappa shape index (κ1) is 70.1. The van der Waals surface area contributed by atoms with Crippen molar-refractivity contribution in [3.05, 3.63) is 224 Å². The number of nitrogens with one attached hydrogen (secondary N) is 1. The summed E-state index contributed by atoms with van der Waals surface area (Å²) in [7, 11) is -5.10. The van der Waals surface area contributed by atoms with E-state index in [1.807, 2.05) is 48.7 Å². The first-order valence-electron chi connectivity index (χ1n) is 34.3. The molecule has 0 unspecified atom stereocenters. The van der Waals surface area contributed by atoms with Gasteiger partial charge in [0.15, 0.2) is 11.3 Å². The average molecular weight is 1480 g/mol. The van der Waals surface area contributed by atoms with Crippen molar-refractivity contribution >= 4 is 114 Å². The number of benzene rings is 4. The van der Waals surface area contributed by atoms with E-state index in [0.29, 0.717) is 31.6 Å². The number of aromatic nitrogens is 12. The minimum Gasteiger partial charge on any atom is -0.407 e. The first-order chi connectivity index (χ1) is 47.5. The second-order valence-corrected chi connectivity index (χ2v) is 38.0. The molecule has 0 spiro atoms. The SMILES string of the molecule is C1CCOC1.CC(C)(C)[Si](OCCCCn1c(CO)nc2cc(Br)cnc21)(c1ccccc1)c1ccccc1.CC(C)(C)[Si](OCCCCn1c(Cn2c(=O)n(C3CC3)c3ccncc32)nc2cc(Br)cnc21)(c1ccccc1)c1ccccc1.O=c1[nH]c2cnccc2n1C1CC1. The van der Waals surface area contributed by atoms with Gasteiger partial charge in [-0.25, -0.2) is 29.5 Å². The van der Waals surface area contributed by atoms with Crippen molar-refractivity contribution in [3.8, 4) is 0 Å². The van der Waals surface area contributed by atoms with Gasteiger partial charge in [-0.05, 0) is 151 Å². The van der Waals surface area contributed by atoms with Crippen molar-refractivity contribution in [3.63, 3.8) is 0 Å². The molecule has 2 aliphatic carbocycles. The van der Waals surface area contributed by atoms with Crippen LogP contribution in [0.1, 0.15) is 129 Å². The fourth-order valence-electron chi connectivity index (χ4n) is 13.8. The number of ether oxygens (including phenoxy) is 1. The number of imidazole rings is 4. The summed E-state index contributed by atoms with van der Waals surface area (Å²) >= 11 is 7.01. The summed E-state index contributed by atoms with van der Waals surface area (Å²) in [4.78, 5) is 55.1. The van der Waals surface area contributed by atoms with Gasteiger partial charge in [0.2, 0.25) is 0 Å². The third-order valence-electron chi connectivity index (χ3n) is 18.7. The maximum absolute atomic E-state index is 13.7. The van der Waals surface area contributed by atoms with E-state index in [0.717, 1.165) is 137 Å². The Labute approximate surface area is 591 Å². The summed E-state index contributed by atoms with van der Waals surface area (Å²) < 4.78 is 30.6. The minimum atomic E-state index is -2.59. The van der Waals surface area contributed by atoms with Crippen LogP contribution in [0.3, 0.4) is 0 Å². The van der Waals surface area contributed by atoms with E-state index < -0.39 is 16.6 Å². The van der Waals surface area contributed by atoms with Gasteiger partial charge in [0.05, 0.1) is 41.0 Å². The molecule has 22 heteroatoms. The predicted octanol–water partition coefficient (Wildman–Crippen LogP) is 13.3. The topological polar surface area (TPSA) is 200 Å². The van der Waals surface area contributed by atoms with E-state index in [2.05, 4.69) is 224 Å². The Kier molecular flexibility index (Phi) is 22.3. The first-order valence-corrected chi connectivity index (χ1v) is 39.7. The Morgan fingerprint density at radius 1 is 0.541 bits per heavy atom. The number of hydrogen-bond donors (Lipinski definition) is 2. The number of fused-ring (bicyclic) bond motifs is 4. The number of halogens is 2. The third-order valence-corrected chi connectivity index (χ3v) is 29.6. The Bertz CT molecular complexity index is 4640. The molecule has 2 saturated carbocycles. The smallest absolute Gasteiger partial charge is 0.329 e. The molecule has 8 aromatic heterocycles. The highest BCUT2D eigenvalue weighted by Crippen LogP contribution is 2.40. The highest BCUT2D eigenvalue weighted by molar-refractivity contribution is 9.10. The lowest BCUT2D eigenvalue weighted by molar-refractivity contribution is 0.198. The van der Waals surface area contributed by atoms with Crippen molar-refractivity contribution < 1.29 is 18.7 Å². The van der Waals surface area contributed by atoms with Gasteiger partial charge in [0, 0.05) is 85.3 Å². The number of hydrogen-bond acceptors (Lipinski definition) is 12. The minimum absolute atomic E-state index is 0.00283. The fourth-order valence-corrected chi connectivity index (χ4v) is 23.6. The van der Waals surface area contributed by atoms with E-state index in [4.69, 9.17) is 23.6 Å². The van der Waals surface area contributed by atoms with Crippen molar-refractivity contribution in [2.24, 2.45) is 0 Å². The van der Waals surface area contributed by atoms with Gasteiger partial charge in [0.25, 0.3) is 16.6 Å². The molecule has 510 valence electrons. The van der Waals surface area contributed by atoms with Crippen molar-refractivity contribution in [2.75, 3.05) is 26.4 Å². The number of aliphatic hydroxyl groups excluding tert-OH is 1. The lowest BCUT2D eigenvalue weighted by atomic mass is 10.2. The molecule has 1 saturated heterocycles. The number of rotatable bonds is 21. The average Bonchev–Trinajstić information content (AvgIpc) is 1.20. The molecule has 0 radical (unpaired) electrons. The molecule has 12 aromatic rings. The van der Waals surface area contributed by atoms with E-state index in [9.17, 15) is 14.7 Å². The molecule has 9 heterocycles. The second kappa shape index (κ2) is 31.2. The van der Waals surface area contributed by atoms with Crippen molar-refractivity contribution in [1.82, 2.24) is 57.7 Å². The van der Waals surface area contributed by atoms with E-state index in [-0.39, 0.29) is 34.1 Å². The number of pyridine rings is 4. The normalized spacial score (nSPS) is 14.3. The van der Waals surface area contributed by atoms with Gasteiger partial charge in [-0.1, -0.05) is 163 Å². The summed E-state index contributed by atoms with van der Waals surface area (Å²) in [6, 6.07) is 51.5. The van der Waals surface area contributed by atoms with E-state index in [1.165, 1.54) is 33.6 Å². The van der Waals surface area contributed by atoms with Gasteiger partial charge >= 0.3 is 11.4 Å². The summed E-state index contributed by atoms with van der Waals surface area (Å²) in [6.07, 6.45) is 21.0. The molecule has 3 aliphatic rings. The zero-order chi connectivity index (χ0) is 68.4. The number of aliphatic hydroxyl groups is 1. The van der Waals surface area contributed by atoms with Crippen LogP contribution >= 0.6 is 31.9 Å². The number of nitrogens with zero attached hydrogens (tertiary/aromatic N) is 11. The summed E-state index contributed by atoms with van der Waals surface area (Å²) in [5.41, 5.74) is 6.80. The van der Waals surface area contributed by atoms with Crippen molar-refractivity contribution in [2.45, 2.75) is 154 Å². The van der Waals surface area contributed by atoms with Crippen molar-refractivity contribution in [1.29, 1.82) is 0 Å². The lowest BCUT2D eigenvalue weighted by Gasteiger charge is -2.43. The highest BCUT2D eigenvalue weighted by atomic mass is 79.9. The molecular weight excluding hydrogens is 1390 g/mol. The van der Waals surface area contributed by atoms with Crippen LogP contribution in [0, 0.1) is 0 Å². The molecular formula is C76H88Br2N12O6Si2. The fraction of sp³-hybridized carbons (Fsp3) is 0.368. The summed E-state index contributed by atoms with van der Waals surface area (Å²) in [5.74, 6) is 1.46. The molecule has 18 nitrogen and oxygen atoms in total. The zero-order valence-corrected chi connectivity index (χ0v) is 62.0. The van der Waals surface area contributed by atoms with Crippen LogP contribution in [-0.2, 0) is 39.8 Å². The number of H-pyrrole nitrogens is 1. The van der Waals surface area contributed by atoms with Crippen LogP contribution in [0.15, 0.2) is 201 Å². The quantitative estimate of drug-likeness (QED) is 0.0510. The highest BCUT2D eigenvalue weighted by Gasteiger charge is 2.51. The molecule has 0 amide bonds. The molecule has 0 atom stereocenters. The van der Waals surface area contributed by atoms with Gasteiger partial charge in [0.1, 0.15) is 29.3 Å². The number of unbranched alkanes of at least 4 members (excludes halogenated alkanes) is 2. The molecule has 15 rings (SSSR count). The van der Waals surface area contributed by atoms with Crippen LogP contribution in [0.25, 0.3) is 44.4 Å². The summed E-state index contributed by atoms with van der Waals surface area (Å²) in [6.45, 7) is 18.9. The molecule has 0 bridgehead atoms. The maximum atomic E-state index is 13.7. The summed E-state index contributed by atoms with van der Waals surface area (Å²) in [5, 5.41) is 14.9. The van der Waals surface area contributed by atoms with Gasteiger partial charge < -0.3 is 32.8 Å². The van der Waals surface area contributed by atoms with Crippen LogP contribution in [0.2, 0.25) is 10.1 Å². The Balaban J connectivity index is 0.000000152. The Morgan fingerprint density at radius 3 is 1.42 bits per heavy atom. The molecule has 98 heavy (non-hydrogen) atoms. The zero-order valence-electron chi connectivity index (χ0n) is 56.9. The largest absolute Gasteiger partial charge is 0.407 e. The van der Waals surface area contributed by atoms with Gasteiger partial charge in [-0.15, -0.1) is 0 Å². The molecule has 1 aliphatic heterocycles. The maximum Gasteiger partial charge on any atom is 0.329 e. The molecule has 4 aromatic carbocycles. The predicted molar refractivity (Wildman–Crippen MR) is 402 cm³/mol. The van der Waals surface area contributed by atoms with E-state index >= 15 is 0 Å². The lowest BCUT2D eigenvalue weighted by Crippen LogP contribution is -2.66.